The summed E-state index contributed by atoms with van der Waals surface area (Å²) in [6.45, 7) is 1.59. The average molecular weight is 198 g/mol. The van der Waals surface area contributed by atoms with E-state index in [0.29, 0.717) is 0 Å². The third kappa shape index (κ3) is 1.53. The molecule has 0 aromatic carbocycles. The highest BCUT2D eigenvalue weighted by Crippen LogP contribution is 2.29. The summed E-state index contributed by atoms with van der Waals surface area (Å²) in [5.41, 5.74) is -0.450. The van der Waals surface area contributed by atoms with Crippen LogP contribution in [0.15, 0.2) is 11.1 Å². The molecule has 5 nitrogen and oxygen atoms in total. The zero-order valence-electron chi connectivity index (χ0n) is 7.86. The summed E-state index contributed by atoms with van der Waals surface area (Å²) in [5.74, 6) is -2.98. The molecule has 0 saturated carbocycles. The Morgan fingerprint density at radius 3 is 2.50 bits per heavy atom. The Hall–Kier alpha value is -1.65. The normalized spacial score (nSPS) is 21.3. The second kappa shape index (κ2) is 3.61. The standard InChI is InChI=1S/C9H10O5/c1-4-3-5(10)7(9(13)14-2)6(4)8(11)12/h4H,3H2,1-2H3,(H,11,12). The number of carbonyl (C=O) groups is 3. The first-order valence-electron chi connectivity index (χ1n) is 4.08. The van der Waals surface area contributed by atoms with Crippen molar-refractivity contribution in [3.8, 4) is 0 Å². The van der Waals surface area contributed by atoms with E-state index in [4.69, 9.17) is 5.11 Å². The first kappa shape index (κ1) is 10.4. The highest BCUT2D eigenvalue weighted by molar-refractivity contribution is 6.23. The van der Waals surface area contributed by atoms with Crippen LogP contribution in [0.2, 0.25) is 0 Å². The molecular weight excluding hydrogens is 188 g/mol. The SMILES string of the molecule is COC(=O)C1=C(C(=O)O)C(C)CC1=O. The molecule has 0 spiro atoms. The molecule has 0 bridgehead atoms. The van der Waals surface area contributed by atoms with Gasteiger partial charge in [-0.1, -0.05) is 6.92 Å². The molecule has 5 heteroatoms. The molecule has 0 aromatic rings. The summed E-state index contributed by atoms with van der Waals surface area (Å²) in [6, 6.07) is 0. The number of rotatable bonds is 2. The van der Waals surface area contributed by atoms with Crippen LogP contribution in [0.25, 0.3) is 0 Å². The Balaban J connectivity index is 3.22. The van der Waals surface area contributed by atoms with E-state index in [-0.39, 0.29) is 17.6 Å². The maximum absolute atomic E-state index is 11.3. The number of Topliss-reactive ketones (excluding diaryl/α,β-unsaturated/α-hetero) is 1. The van der Waals surface area contributed by atoms with E-state index in [0.717, 1.165) is 7.11 Å². The van der Waals surface area contributed by atoms with E-state index >= 15 is 0 Å². The zero-order valence-corrected chi connectivity index (χ0v) is 7.86. The van der Waals surface area contributed by atoms with Gasteiger partial charge in [-0.15, -0.1) is 0 Å². The van der Waals surface area contributed by atoms with E-state index in [2.05, 4.69) is 4.74 Å². The Labute approximate surface area is 80.4 Å². The van der Waals surface area contributed by atoms with Crippen LogP contribution in [0.1, 0.15) is 13.3 Å². The number of ketones is 1. The smallest absolute Gasteiger partial charge is 0.342 e. The Bertz CT molecular complexity index is 339. The van der Waals surface area contributed by atoms with Gasteiger partial charge in [0.2, 0.25) is 0 Å². The summed E-state index contributed by atoms with van der Waals surface area (Å²) in [6.07, 6.45) is 0.0616. The van der Waals surface area contributed by atoms with Crippen molar-refractivity contribution >= 4 is 17.7 Å². The van der Waals surface area contributed by atoms with E-state index < -0.39 is 23.6 Å². The van der Waals surface area contributed by atoms with Gasteiger partial charge in [-0.2, -0.15) is 0 Å². The van der Waals surface area contributed by atoms with Gasteiger partial charge in [0.25, 0.3) is 0 Å². The maximum atomic E-state index is 11.3. The van der Waals surface area contributed by atoms with Crippen molar-refractivity contribution in [3.63, 3.8) is 0 Å². The molecule has 0 aromatic heterocycles. The molecule has 1 aliphatic carbocycles. The number of aliphatic carboxylic acids is 1. The van der Waals surface area contributed by atoms with E-state index in [9.17, 15) is 14.4 Å². The zero-order chi connectivity index (χ0) is 10.9. The van der Waals surface area contributed by atoms with Crippen LogP contribution >= 0.6 is 0 Å². The van der Waals surface area contributed by atoms with Gasteiger partial charge in [-0.05, 0) is 5.92 Å². The summed E-state index contributed by atoms with van der Waals surface area (Å²) in [5, 5.41) is 8.80. The minimum atomic E-state index is -1.23. The third-order valence-electron chi connectivity index (χ3n) is 2.15. The van der Waals surface area contributed by atoms with Crippen molar-refractivity contribution in [2.45, 2.75) is 13.3 Å². The van der Waals surface area contributed by atoms with E-state index in [1.165, 1.54) is 0 Å². The molecule has 0 radical (unpaired) electrons. The van der Waals surface area contributed by atoms with Crippen molar-refractivity contribution in [3.05, 3.63) is 11.1 Å². The number of carbonyl (C=O) groups excluding carboxylic acids is 2. The lowest BCUT2D eigenvalue weighted by molar-refractivity contribution is -0.139. The van der Waals surface area contributed by atoms with Gasteiger partial charge in [0.05, 0.1) is 12.7 Å². The van der Waals surface area contributed by atoms with Gasteiger partial charge in [-0.3, -0.25) is 4.79 Å². The maximum Gasteiger partial charge on any atom is 0.342 e. The second-order valence-corrected chi connectivity index (χ2v) is 3.11. The molecule has 1 atom stereocenters. The lowest BCUT2D eigenvalue weighted by Gasteiger charge is -2.02. The fraction of sp³-hybridized carbons (Fsp3) is 0.444. The predicted molar refractivity (Wildman–Crippen MR) is 45.5 cm³/mol. The fourth-order valence-electron chi connectivity index (χ4n) is 1.52. The van der Waals surface area contributed by atoms with E-state index in [1.54, 1.807) is 6.92 Å². The van der Waals surface area contributed by atoms with Crippen molar-refractivity contribution in [1.29, 1.82) is 0 Å². The van der Waals surface area contributed by atoms with Crippen molar-refractivity contribution in [2.24, 2.45) is 5.92 Å². The Morgan fingerprint density at radius 2 is 2.07 bits per heavy atom. The number of hydrogen-bond acceptors (Lipinski definition) is 4. The average Bonchev–Trinajstić information content (AvgIpc) is 2.39. The van der Waals surface area contributed by atoms with Crippen LogP contribution in [0.5, 0.6) is 0 Å². The minimum absolute atomic E-state index is 0.0616. The lowest BCUT2D eigenvalue weighted by atomic mass is 10.0. The van der Waals surface area contributed by atoms with Gasteiger partial charge in [-0.25, -0.2) is 9.59 Å². The molecule has 1 unspecified atom stereocenters. The molecule has 76 valence electrons. The molecule has 0 aliphatic heterocycles. The molecular formula is C9H10O5. The molecule has 1 N–H and O–H groups in total. The van der Waals surface area contributed by atoms with Gasteiger partial charge >= 0.3 is 11.9 Å². The second-order valence-electron chi connectivity index (χ2n) is 3.11. The minimum Gasteiger partial charge on any atom is -0.478 e. The number of carboxylic acid groups (broad SMARTS) is 1. The molecule has 1 aliphatic rings. The number of methoxy groups -OCH3 is 1. The van der Waals surface area contributed by atoms with Crippen LogP contribution in [0.4, 0.5) is 0 Å². The molecule has 1 rings (SSSR count). The summed E-state index contributed by atoms with van der Waals surface area (Å²) in [4.78, 5) is 33.2. The van der Waals surface area contributed by atoms with Gasteiger partial charge in [0.15, 0.2) is 5.78 Å². The number of esters is 1. The summed E-state index contributed by atoms with van der Waals surface area (Å²) in [7, 11) is 1.12. The fourth-order valence-corrected chi connectivity index (χ4v) is 1.52. The van der Waals surface area contributed by atoms with Gasteiger partial charge < -0.3 is 9.84 Å². The number of carboxylic acids is 1. The van der Waals surface area contributed by atoms with E-state index in [1.807, 2.05) is 0 Å². The van der Waals surface area contributed by atoms with Crippen LogP contribution in [0.3, 0.4) is 0 Å². The largest absolute Gasteiger partial charge is 0.478 e. The van der Waals surface area contributed by atoms with Gasteiger partial charge in [0, 0.05) is 6.42 Å². The monoisotopic (exact) mass is 198 g/mol. The summed E-state index contributed by atoms with van der Waals surface area (Å²) < 4.78 is 4.35. The Kier molecular flexibility index (Phi) is 2.69. The predicted octanol–water partition coefficient (Wildman–Crippen LogP) is 0.149. The van der Waals surface area contributed by atoms with Crippen molar-refractivity contribution < 1.29 is 24.2 Å². The molecule has 14 heavy (non-hydrogen) atoms. The first-order chi connectivity index (χ1) is 6.49. The Morgan fingerprint density at radius 1 is 1.50 bits per heavy atom. The van der Waals surface area contributed by atoms with Crippen LogP contribution in [-0.4, -0.2) is 29.9 Å². The van der Waals surface area contributed by atoms with Crippen LogP contribution < -0.4 is 0 Å². The first-order valence-corrected chi connectivity index (χ1v) is 4.08. The molecule has 0 fully saturated rings. The molecule has 0 amide bonds. The number of hydrogen-bond donors (Lipinski definition) is 1. The number of ether oxygens (including phenoxy) is 1. The summed E-state index contributed by atoms with van der Waals surface area (Å²) >= 11 is 0. The quantitative estimate of drug-likeness (QED) is 0.504. The van der Waals surface area contributed by atoms with Gasteiger partial charge in [0.1, 0.15) is 5.57 Å². The van der Waals surface area contributed by atoms with Crippen molar-refractivity contribution in [2.75, 3.05) is 7.11 Å². The highest BCUT2D eigenvalue weighted by atomic mass is 16.5. The van der Waals surface area contributed by atoms with Crippen LogP contribution in [-0.2, 0) is 19.1 Å². The lowest BCUT2D eigenvalue weighted by Crippen LogP contribution is -2.14. The highest BCUT2D eigenvalue weighted by Gasteiger charge is 2.37. The molecule has 0 heterocycles. The van der Waals surface area contributed by atoms with Crippen molar-refractivity contribution in [1.82, 2.24) is 0 Å². The topological polar surface area (TPSA) is 80.7 Å². The van der Waals surface area contributed by atoms with Crippen LogP contribution in [0, 0.1) is 5.92 Å². The molecule has 0 saturated heterocycles. The third-order valence-corrected chi connectivity index (χ3v) is 2.15.